The van der Waals surface area contributed by atoms with Crippen LogP contribution in [-0.4, -0.2) is 21.9 Å². The summed E-state index contributed by atoms with van der Waals surface area (Å²) in [5.74, 6) is 0.0899. The largest absolute Gasteiger partial charge is 0.298 e. The molecule has 78 valence electrons. The van der Waals surface area contributed by atoms with Crippen LogP contribution in [0.5, 0.6) is 0 Å². The summed E-state index contributed by atoms with van der Waals surface area (Å²) in [4.78, 5) is 27.3. The Kier molecular flexibility index (Phi) is 2.61. The van der Waals surface area contributed by atoms with Crippen molar-refractivity contribution in [2.45, 2.75) is 19.1 Å². The number of carbonyl (C=O) groups excluding carboxylic acids is 2. The van der Waals surface area contributed by atoms with Crippen LogP contribution in [0.25, 0.3) is 0 Å². The van der Waals surface area contributed by atoms with Crippen molar-refractivity contribution < 1.29 is 9.59 Å². The van der Waals surface area contributed by atoms with Gasteiger partial charge in [-0.1, -0.05) is 25.6 Å². The van der Waals surface area contributed by atoms with E-state index in [1.807, 2.05) is 13.8 Å². The minimum Gasteiger partial charge on any atom is -0.298 e. The molecule has 0 aromatic rings. The Morgan fingerprint density at radius 1 is 1.53 bits per heavy atom. The lowest BCUT2D eigenvalue weighted by Crippen LogP contribution is -2.18. The van der Waals surface area contributed by atoms with E-state index in [4.69, 9.17) is 0 Å². The fraction of sp³-hybridized carbons (Fsp3) is 0.364. The number of thioether (sulfide) groups is 1. The molecule has 2 rings (SSSR count). The molecule has 0 N–H and O–H groups in total. The normalized spacial score (nSPS) is 23.9. The maximum absolute atomic E-state index is 11.7. The highest BCUT2D eigenvalue weighted by Gasteiger charge is 2.32. The molecule has 1 unspecified atom stereocenters. The number of allylic oxidation sites excluding steroid dienone is 1. The third-order valence-corrected chi connectivity index (χ3v) is 3.49. The van der Waals surface area contributed by atoms with Crippen LogP contribution in [0.4, 0.5) is 0 Å². The summed E-state index contributed by atoms with van der Waals surface area (Å²) in [6.45, 7) is 3.73. The predicted octanol–water partition coefficient (Wildman–Crippen LogP) is 1.75. The molecular formula is C11H11NO2S. The fourth-order valence-electron chi connectivity index (χ4n) is 1.46. The van der Waals surface area contributed by atoms with E-state index < -0.39 is 0 Å². The number of nitrogens with zero attached hydrogens (tertiary/aromatic N) is 1. The number of ketones is 2. The first kappa shape index (κ1) is 10.4. The Bertz CT molecular complexity index is 418. The summed E-state index contributed by atoms with van der Waals surface area (Å²) in [5.41, 5.74) is 0.585. The first-order valence-electron chi connectivity index (χ1n) is 4.81. The van der Waals surface area contributed by atoms with Crippen LogP contribution in [0, 0.1) is 5.92 Å². The molecule has 0 amide bonds. The van der Waals surface area contributed by atoms with Crippen LogP contribution < -0.4 is 0 Å². The second-order valence-corrected chi connectivity index (χ2v) is 4.92. The van der Waals surface area contributed by atoms with Gasteiger partial charge in [0.15, 0.2) is 11.6 Å². The molecule has 1 atom stereocenters. The average Bonchev–Trinajstić information content (AvgIpc) is 2.61. The molecule has 0 aliphatic carbocycles. The van der Waals surface area contributed by atoms with Crippen LogP contribution >= 0.6 is 11.8 Å². The topological polar surface area (TPSA) is 46.5 Å². The van der Waals surface area contributed by atoms with E-state index in [0.717, 1.165) is 0 Å². The molecule has 0 aromatic carbocycles. The van der Waals surface area contributed by atoms with Gasteiger partial charge in [-0.2, -0.15) is 0 Å². The van der Waals surface area contributed by atoms with Crippen LogP contribution in [0.15, 0.2) is 28.9 Å². The van der Waals surface area contributed by atoms with Crippen molar-refractivity contribution >= 4 is 28.4 Å². The number of carbonyl (C=O) groups is 2. The van der Waals surface area contributed by atoms with Crippen molar-refractivity contribution in [3.8, 4) is 0 Å². The SMILES string of the molecule is CC(C)C(=O)C1C=C2C(=O)C=CN=C2S1. The lowest BCUT2D eigenvalue weighted by Gasteiger charge is -2.08. The molecule has 0 spiro atoms. The molecule has 0 saturated carbocycles. The van der Waals surface area contributed by atoms with Gasteiger partial charge in [0.05, 0.1) is 10.8 Å². The number of hydrogen-bond donors (Lipinski definition) is 0. The molecular weight excluding hydrogens is 210 g/mol. The lowest BCUT2D eigenvalue weighted by molar-refractivity contribution is -0.120. The van der Waals surface area contributed by atoms with Gasteiger partial charge in [-0.3, -0.25) is 9.59 Å². The molecule has 0 aromatic heterocycles. The smallest absolute Gasteiger partial charge is 0.189 e. The lowest BCUT2D eigenvalue weighted by atomic mass is 10.0. The molecule has 2 aliphatic rings. The number of aliphatic imine (C=N–C) groups is 1. The van der Waals surface area contributed by atoms with Gasteiger partial charge in [0.2, 0.25) is 0 Å². The van der Waals surface area contributed by atoms with Crippen LogP contribution in [0.2, 0.25) is 0 Å². The number of Topliss-reactive ketones (excluding diaryl/α,β-unsaturated/α-hetero) is 1. The third-order valence-electron chi connectivity index (χ3n) is 2.32. The minimum absolute atomic E-state index is 0.0110. The van der Waals surface area contributed by atoms with E-state index in [2.05, 4.69) is 4.99 Å². The first-order valence-corrected chi connectivity index (χ1v) is 5.69. The Labute approximate surface area is 92.3 Å². The highest BCUT2D eigenvalue weighted by molar-refractivity contribution is 8.16. The van der Waals surface area contributed by atoms with E-state index >= 15 is 0 Å². The van der Waals surface area contributed by atoms with E-state index in [1.54, 1.807) is 6.08 Å². The number of fused-ring (bicyclic) bond motifs is 1. The average molecular weight is 221 g/mol. The van der Waals surface area contributed by atoms with Gasteiger partial charge in [0.1, 0.15) is 5.04 Å². The van der Waals surface area contributed by atoms with E-state index in [0.29, 0.717) is 10.6 Å². The molecule has 0 fully saturated rings. The highest BCUT2D eigenvalue weighted by atomic mass is 32.2. The van der Waals surface area contributed by atoms with E-state index in [9.17, 15) is 9.59 Å². The zero-order chi connectivity index (χ0) is 11.0. The number of rotatable bonds is 2. The standard InChI is InChI=1S/C11H11NO2S/c1-6(2)10(14)9-5-7-8(13)3-4-12-11(7)15-9/h3-6,9H,1-2H3. The highest BCUT2D eigenvalue weighted by Crippen LogP contribution is 2.32. The zero-order valence-electron chi connectivity index (χ0n) is 8.56. The van der Waals surface area contributed by atoms with Gasteiger partial charge in [-0.05, 0) is 6.08 Å². The predicted molar refractivity (Wildman–Crippen MR) is 60.9 cm³/mol. The second kappa shape index (κ2) is 3.77. The molecule has 4 heteroatoms. The van der Waals surface area contributed by atoms with Crippen molar-refractivity contribution in [3.05, 3.63) is 23.9 Å². The summed E-state index contributed by atoms with van der Waals surface area (Å²) in [6.07, 6.45) is 4.65. The molecule has 0 radical (unpaired) electrons. The summed E-state index contributed by atoms with van der Waals surface area (Å²) in [5, 5.41) is 0.448. The van der Waals surface area contributed by atoms with Gasteiger partial charge in [0.25, 0.3) is 0 Å². The van der Waals surface area contributed by atoms with Gasteiger partial charge >= 0.3 is 0 Å². The van der Waals surface area contributed by atoms with Gasteiger partial charge < -0.3 is 0 Å². The van der Waals surface area contributed by atoms with Gasteiger partial charge in [-0.25, -0.2) is 4.99 Å². The molecule has 3 nitrogen and oxygen atoms in total. The van der Waals surface area contributed by atoms with Crippen molar-refractivity contribution in [1.82, 2.24) is 0 Å². The summed E-state index contributed by atoms with van der Waals surface area (Å²) >= 11 is 1.37. The Balaban J connectivity index is 2.25. The van der Waals surface area contributed by atoms with E-state index in [1.165, 1.54) is 24.0 Å². The first-order chi connectivity index (χ1) is 7.09. The molecule has 2 heterocycles. The van der Waals surface area contributed by atoms with Crippen LogP contribution in [-0.2, 0) is 9.59 Å². The van der Waals surface area contributed by atoms with Crippen molar-refractivity contribution in [3.63, 3.8) is 0 Å². The minimum atomic E-state index is -0.234. The monoisotopic (exact) mass is 221 g/mol. The Hall–Kier alpha value is -1.16. The summed E-state index contributed by atoms with van der Waals surface area (Å²) < 4.78 is 0. The van der Waals surface area contributed by atoms with Crippen molar-refractivity contribution in [2.24, 2.45) is 10.9 Å². The van der Waals surface area contributed by atoms with Crippen LogP contribution in [0.1, 0.15) is 13.8 Å². The van der Waals surface area contributed by atoms with Crippen LogP contribution in [0.3, 0.4) is 0 Å². The second-order valence-electron chi connectivity index (χ2n) is 3.79. The maximum atomic E-state index is 11.7. The zero-order valence-corrected chi connectivity index (χ0v) is 9.38. The van der Waals surface area contributed by atoms with E-state index in [-0.39, 0.29) is 22.7 Å². The molecule has 15 heavy (non-hydrogen) atoms. The molecule has 2 aliphatic heterocycles. The third kappa shape index (κ3) is 1.81. The van der Waals surface area contributed by atoms with Gasteiger partial charge in [-0.15, -0.1) is 0 Å². The molecule has 0 bridgehead atoms. The Morgan fingerprint density at radius 3 is 2.87 bits per heavy atom. The van der Waals surface area contributed by atoms with Gasteiger partial charge in [0, 0.05) is 18.2 Å². The summed E-state index contributed by atoms with van der Waals surface area (Å²) in [6, 6.07) is 0. The maximum Gasteiger partial charge on any atom is 0.189 e. The van der Waals surface area contributed by atoms with Crippen molar-refractivity contribution in [1.29, 1.82) is 0 Å². The summed E-state index contributed by atoms with van der Waals surface area (Å²) in [7, 11) is 0. The fourth-order valence-corrected chi connectivity index (χ4v) is 2.71. The Morgan fingerprint density at radius 2 is 2.27 bits per heavy atom. The van der Waals surface area contributed by atoms with Crippen molar-refractivity contribution in [2.75, 3.05) is 0 Å². The number of hydrogen-bond acceptors (Lipinski definition) is 4. The molecule has 0 saturated heterocycles. The quantitative estimate of drug-likeness (QED) is 0.713.